The van der Waals surface area contributed by atoms with E-state index in [9.17, 15) is 19.8 Å². The molecule has 0 unspecified atom stereocenters. The Morgan fingerprint density at radius 2 is 1.88 bits per heavy atom. The highest BCUT2D eigenvalue weighted by Gasteiger charge is 2.20. The quantitative estimate of drug-likeness (QED) is 0.424. The third kappa shape index (κ3) is 4.14. The lowest BCUT2D eigenvalue weighted by molar-refractivity contribution is -0.496. The first-order chi connectivity index (χ1) is 7.69. The first kappa shape index (κ1) is 13.6. The molecule has 94 valence electrons. The number of phenols is 1. The third-order valence-corrected chi connectivity index (χ3v) is 2.84. The molecule has 1 aromatic carbocycles. The summed E-state index contributed by atoms with van der Waals surface area (Å²) in [5.41, 5.74) is 0.678. The van der Waals surface area contributed by atoms with Crippen molar-refractivity contribution >= 4 is 7.60 Å². The predicted molar refractivity (Wildman–Crippen MR) is 59.3 cm³/mol. The van der Waals surface area contributed by atoms with Gasteiger partial charge >= 0.3 is 7.60 Å². The van der Waals surface area contributed by atoms with Crippen LogP contribution in [0.5, 0.6) is 5.75 Å². The van der Waals surface area contributed by atoms with Crippen LogP contribution in [0.15, 0.2) is 12.1 Å². The third-order valence-electron chi connectivity index (χ3n) is 2.09. The molecule has 0 amide bonds. The molecule has 1 aromatic rings. The Bertz CT molecular complexity index is 495. The molecule has 0 atom stereocenters. The molecule has 0 fully saturated rings. The van der Waals surface area contributed by atoms with Crippen molar-refractivity contribution in [2.45, 2.75) is 19.6 Å². The van der Waals surface area contributed by atoms with Crippen LogP contribution in [-0.4, -0.2) is 19.8 Å². The van der Waals surface area contributed by atoms with E-state index in [1.54, 1.807) is 6.92 Å². The van der Waals surface area contributed by atoms with Crippen molar-refractivity contribution in [3.63, 3.8) is 0 Å². The van der Waals surface area contributed by atoms with E-state index in [4.69, 9.17) is 9.79 Å². The number of phenolic OH excluding ortho intramolecular Hbond substituents is 1. The van der Waals surface area contributed by atoms with Gasteiger partial charge in [0.15, 0.2) is 0 Å². The lowest BCUT2D eigenvalue weighted by Gasteiger charge is -2.10. The van der Waals surface area contributed by atoms with Crippen molar-refractivity contribution in [1.29, 1.82) is 0 Å². The molecule has 0 aliphatic carbocycles. The summed E-state index contributed by atoms with van der Waals surface area (Å²) in [5, 5.41) is 20.0. The van der Waals surface area contributed by atoms with Crippen LogP contribution < -0.4 is 0 Å². The Balaban J connectivity index is 3.18. The standard InChI is InChI=1S/C9H12NO6P/c1-6-2-7(4-10(12)13)9(11)8(3-6)5-17(14,15)16/h2-3,11H,4-5H2,1H3,(H2,14,15,16). The van der Waals surface area contributed by atoms with Crippen molar-refractivity contribution < 1.29 is 24.4 Å². The Labute approximate surface area is 97.0 Å². The maximum absolute atomic E-state index is 10.8. The van der Waals surface area contributed by atoms with E-state index in [1.165, 1.54) is 12.1 Å². The van der Waals surface area contributed by atoms with Gasteiger partial charge in [0.05, 0.1) is 11.7 Å². The Hall–Kier alpha value is -1.43. The van der Waals surface area contributed by atoms with Gasteiger partial charge in [-0.05, 0) is 13.0 Å². The summed E-state index contributed by atoms with van der Waals surface area (Å²) in [4.78, 5) is 27.4. The number of nitro groups is 1. The normalized spacial score (nSPS) is 11.5. The summed E-state index contributed by atoms with van der Waals surface area (Å²) in [6, 6.07) is 2.82. The predicted octanol–water partition coefficient (Wildman–Crippen LogP) is 1.16. The average molecular weight is 261 g/mol. The molecule has 0 saturated carbocycles. The molecule has 7 nitrogen and oxygen atoms in total. The summed E-state index contributed by atoms with van der Waals surface area (Å²) in [6.07, 6.45) is -0.634. The summed E-state index contributed by atoms with van der Waals surface area (Å²) >= 11 is 0. The molecule has 0 aliphatic rings. The first-order valence-electron chi connectivity index (χ1n) is 4.67. The minimum Gasteiger partial charge on any atom is -0.507 e. The molecule has 0 spiro atoms. The zero-order chi connectivity index (χ0) is 13.2. The fraction of sp³-hybridized carbons (Fsp3) is 0.333. The first-order valence-corrected chi connectivity index (χ1v) is 6.46. The second kappa shape index (κ2) is 4.83. The van der Waals surface area contributed by atoms with E-state index in [1.807, 2.05) is 0 Å². The van der Waals surface area contributed by atoms with Gasteiger partial charge in [0.2, 0.25) is 6.54 Å². The van der Waals surface area contributed by atoms with Crippen molar-refractivity contribution in [3.05, 3.63) is 38.9 Å². The van der Waals surface area contributed by atoms with Crippen LogP contribution in [0.2, 0.25) is 0 Å². The smallest absolute Gasteiger partial charge is 0.330 e. The Morgan fingerprint density at radius 3 is 2.35 bits per heavy atom. The van der Waals surface area contributed by atoms with Crippen molar-refractivity contribution in [2.24, 2.45) is 0 Å². The van der Waals surface area contributed by atoms with Gasteiger partial charge in [-0.25, -0.2) is 0 Å². The summed E-state index contributed by atoms with van der Waals surface area (Å²) < 4.78 is 10.8. The molecule has 1 rings (SSSR count). The highest BCUT2D eigenvalue weighted by molar-refractivity contribution is 7.50. The van der Waals surface area contributed by atoms with Crippen LogP contribution in [0, 0.1) is 17.0 Å². The van der Waals surface area contributed by atoms with E-state index < -0.39 is 31.0 Å². The van der Waals surface area contributed by atoms with Gasteiger partial charge in [-0.1, -0.05) is 11.6 Å². The largest absolute Gasteiger partial charge is 0.507 e. The van der Waals surface area contributed by atoms with E-state index in [2.05, 4.69) is 0 Å². The van der Waals surface area contributed by atoms with Gasteiger partial charge < -0.3 is 14.9 Å². The molecule has 8 heteroatoms. The summed E-state index contributed by atoms with van der Waals surface area (Å²) in [5.74, 6) is -0.421. The molecule has 17 heavy (non-hydrogen) atoms. The molecule has 0 heterocycles. The number of rotatable bonds is 4. The molecule has 3 N–H and O–H groups in total. The molecule has 0 aliphatic heterocycles. The number of aromatic hydroxyl groups is 1. The van der Waals surface area contributed by atoms with Crippen molar-refractivity contribution in [2.75, 3.05) is 0 Å². The number of benzene rings is 1. The van der Waals surface area contributed by atoms with Gasteiger partial charge in [-0.15, -0.1) is 0 Å². The van der Waals surface area contributed by atoms with Gasteiger partial charge in [0.1, 0.15) is 5.75 Å². The second-order valence-electron chi connectivity index (χ2n) is 3.75. The van der Waals surface area contributed by atoms with E-state index in [0.717, 1.165) is 0 Å². The van der Waals surface area contributed by atoms with E-state index >= 15 is 0 Å². The van der Waals surface area contributed by atoms with Crippen LogP contribution in [0.4, 0.5) is 0 Å². The van der Waals surface area contributed by atoms with Gasteiger partial charge in [0, 0.05) is 10.5 Å². The van der Waals surface area contributed by atoms with Crippen molar-refractivity contribution in [1.82, 2.24) is 0 Å². The van der Waals surface area contributed by atoms with E-state index in [-0.39, 0.29) is 11.1 Å². The fourth-order valence-electron chi connectivity index (χ4n) is 1.54. The number of hydrogen-bond acceptors (Lipinski definition) is 4. The van der Waals surface area contributed by atoms with E-state index in [0.29, 0.717) is 5.56 Å². The highest BCUT2D eigenvalue weighted by atomic mass is 31.2. The molecule has 0 aromatic heterocycles. The average Bonchev–Trinajstić information content (AvgIpc) is 2.09. The number of aryl methyl sites for hydroxylation is 1. The minimum absolute atomic E-state index is 0.0233. The Kier molecular flexibility index (Phi) is 3.87. The molecular formula is C9H12NO6P. The topological polar surface area (TPSA) is 121 Å². The molecule has 0 saturated heterocycles. The highest BCUT2D eigenvalue weighted by Crippen LogP contribution is 2.42. The maximum atomic E-state index is 10.8. The lowest BCUT2D eigenvalue weighted by atomic mass is 10.1. The van der Waals surface area contributed by atoms with Crippen LogP contribution in [0.25, 0.3) is 0 Å². The summed E-state index contributed by atoms with van der Waals surface area (Å²) in [7, 11) is -4.32. The molecule has 0 radical (unpaired) electrons. The zero-order valence-corrected chi connectivity index (χ0v) is 9.92. The number of nitrogens with zero attached hydrogens (tertiary/aromatic N) is 1. The second-order valence-corrected chi connectivity index (χ2v) is 5.39. The monoisotopic (exact) mass is 261 g/mol. The van der Waals surface area contributed by atoms with Gasteiger partial charge in [0.25, 0.3) is 0 Å². The fourth-order valence-corrected chi connectivity index (χ4v) is 2.22. The van der Waals surface area contributed by atoms with Crippen LogP contribution in [-0.2, 0) is 17.3 Å². The Morgan fingerprint density at radius 1 is 1.35 bits per heavy atom. The molecule has 0 bridgehead atoms. The maximum Gasteiger partial charge on any atom is 0.330 e. The zero-order valence-electron chi connectivity index (χ0n) is 9.03. The van der Waals surface area contributed by atoms with Crippen molar-refractivity contribution in [3.8, 4) is 5.75 Å². The van der Waals surface area contributed by atoms with Crippen LogP contribution in [0.3, 0.4) is 0 Å². The number of hydrogen-bond donors (Lipinski definition) is 3. The SMILES string of the molecule is Cc1cc(C[N+](=O)[O-])c(O)c(CP(=O)(O)O)c1. The van der Waals surface area contributed by atoms with Crippen LogP contribution in [0.1, 0.15) is 16.7 Å². The van der Waals surface area contributed by atoms with Gasteiger partial charge in [-0.3, -0.25) is 14.7 Å². The van der Waals surface area contributed by atoms with Crippen LogP contribution >= 0.6 is 7.60 Å². The molecular weight excluding hydrogens is 249 g/mol. The summed E-state index contributed by atoms with van der Waals surface area (Å²) in [6.45, 7) is 1.05. The van der Waals surface area contributed by atoms with Gasteiger partial charge in [-0.2, -0.15) is 0 Å². The lowest BCUT2D eigenvalue weighted by Crippen LogP contribution is -2.01. The minimum atomic E-state index is -4.32.